The van der Waals surface area contributed by atoms with Crippen LogP contribution < -0.4 is 0 Å². The summed E-state index contributed by atoms with van der Waals surface area (Å²) in [4.78, 5) is 18.3. The summed E-state index contributed by atoms with van der Waals surface area (Å²) < 4.78 is 30.0. The molecule has 0 bridgehead atoms. The van der Waals surface area contributed by atoms with E-state index in [1.807, 2.05) is 0 Å². The van der Waals surface area contributed by atoms with Crippen LogP contribution in [0.2, 0.25) is 0 Å². The Morgan fingerprint density at radius 3 is 0.867 bits per heavy atom. The molecule has 7 heteroatoms. The number of allylic oxidation sites excluding steroid dienone is 2. The fourth-order valence-electron chi connectivity index (χ4n) is 0.0680. The van der Waals surface area contributed by atoms with Crippen LogP contribution in [0, 0.1) is 26.6 Å². The third-order valence-electron chi connectivity index (χ3n) is 0.219. The van der Waals surface area contributed by atoms with Crippen LogP contribution in [0.15, 0.2) is 12.2 Å². The van der Waals surface area contributed by atoms with Crippen LogP contribution in [-0.4, -0.2) is 12.6 Å². The van der Waals surface area contributed by atoms with Gasteiger partial charge in [0.1, 0.15) is 0 Å². The van der Waals surface area contributed by atoms with Gasteiger partial charge in [0.15, 0.2) is 0 Å². The predicted molar refractivity (Wildman–Crippen MR) is 36.2 cm³/mol. The molecule has 0 spiro atoms. The molecule has 0 rings (SSSR count). The molecular formula is C8H2FeO6+4. The summed E-state index contributed by atoms with van der Waals surface area (Å²) in [5.74, 6) is 0. The third-order valence-corrected chi connectivity index (χ3v) is 0.219. The van der Waals surface area contributed by atoms with E-state index in [0.29, 0.717) is 0 Å². The molecule has 74 valence electrons. The second-order valence-corrected chi connectivity index (χ2v) is 0.569. The minimum absolute atomic E-state index is 0. The van der Waals surface area contributed by atoms with Gasteiger partial charge in [0.2, 0.25) is 0 Å². The van der Waals surface area contributed by atoms with Gasteiger partial charge >= 0.3 is 62.3 Å². The van der Waals surface area contributed by atoms with E-state index in [9.17, 15) is 9.59 Å². The SMILES string of the molecule is O=[C-]C=C[C-]=O.[C-]#[O+].[C-]#[O+].[C-]#[O+].[C-]#[O+].[Fe+6]. The van der Waals surface area contributed by atoms with Gasteiger partial charge in [-0.3, -0.25) is 0 Å². The van der Waals surface area contributed by atoms with E-state index in [1.165, 1.54) is 12.6 Å². The topological polar surface area (TPSA) is 114 Å². The van der Waals surface area contributed by atoms with Crippen molar-refractivity contribution >= 4 is 12.6 Å². The molecule has 0 heterocycles. The third kappa shape index (κ3) is 576. The van der Waals surface area contributed by atoms with E-state index in [1.54, 1.807) is 0 Å². The maximum Gasteiger partial charge on any atom is 6.00 e. The first-order valence-corrected chi connectivity index (χ1v) is 2.14. The minimum Gasteiger partial charge on any atom is 6.00 e. The predicted octanol–water partition coefficient (Wildman–Crippen LogP) is -0.391. The molecule has 0 saturated heterocycles. The van der Waals surface area contributed by atoms with Gasteiger partial charge in [0.25, 0.3) is 0 Å². The van der Waals surface area contributed by atoms with Gasteiger partial charge in [0.05, 0.1) is 0 Å². The van der Waals surface area contributed by atoms with Crippen LogP contribution in [0.5, 0.6) is 0 Å². The van der Waals surface area contributed by atoms with Gasteiger partial charge in [-0.1, -0.05) is 0 Å². The van der Waals surface area contributed by atoms with Crippen LogP contribution >= 0.6 is 0 Å². The first-order chi connectivity index (χ1) is 6.91. The molecule has 0 aromatic rings. The molecule has 15 heavy (non-hydrogen) atoms. The van der Waals surface area contributed by atoms with Crippen molar-refractivity contribution in [2.45, 2.75) is 0 Å². The van der Waals surface area contributed by atoms with Crippen molar-refractivity contribution in [3.8, 4) is 0 Å². The van der Waals surface area contributed by atoms with Crippen molar-refractivity contribution in [2.75, 3.05) is 0 Å². The Morgan fingerprint density at radius 1 is 0.667 bits per heavy atom. The Kier molecular flexibility index (Phi) is 639. The van der Waals surface area contributed by atoms with Crippen LogP contribution in [0.1, 0.15) is 0 Å². The van der Waals surface area contributed by atoms with E-state index in [2.05, 4.69) is 26.6 Å². The van der Waals surface area contributed by atoms with E-state index in [0.717, 1.165) is 12.2 Å². The maximum absolute atomic E-state index is 9.17. The van der Waals surface area contributed by atoms with Crippen LogP contribution in [0.3, 0.4) is 0 Å². The largest absolute Gasteiger partial charge is 6.00 e. The maximum atomic E-state index is 9.17. The summed E-state index contributed by atoms with van der Waals surface area (Å²) in [5, 5.41) is 0. The summed E-state index contributed by atoms with van der Waals surface area (Å²) in [6.07, 6.45) is 4.65. The first-order valence-electron chi connectivity index (χ1n) is 2.14. The zero-order chi connectivity index (χ0) is 12.8. The average molecular weight is 250 g/mol. The summed E-state index contributed by atoms with van der Waals surface area (Å²) in [5.41, 5.74) is 0. The van der Waals surface area contributed by atoms with E-state index in [4.69, 9.17) is 18.6 Å². The summed E-state index contributed by atoms with van der Waals surface area (Å²) in [6, 6.07) is 0. The van der Waals surface area contributed by atoms with Crippen molar-refractivity contribution in [3.05, 3.63) is 38.8 Å². The van der Waals surface area contributed by atoms with Gasteiger partial charge in [-0.05, 0) is 0 Å². The van der Waals surface area contributed by atoms with E-state index in [-0.39, 0.29) is 17.1 Å². The number of hydrogen-bond acceptors (Lipinski definition) is 2. The van der Waals surface area contributed by atoms with Gasteiger partial charge in [-0.15, -0.1) is 12.6 Å². The van der Waals surface area contributed by atoms with Crippen LogP contribution in [0.25, 0.3) is 0 Å². The zero-order valence-corrected chi connectivity index (χ0v) is 8.06. The van der Waals surface area contributed by atoms with Gasteiger partial charge in [-0.25, -0.2) is 0 Å². The fraction of sp³-hybridized carbons (Fsp3) is 0. The molecular weight excluding hydrogens is 248 g/mol. The van der Waals surface area contributed by atoms with Crippen LogP contribution in [-0.2, 0) is 45.3 Å². The second-order valence-electron chi connectivity index (χ2n) is 0.569. The molecule has 0 aromatic heterocycles. The van der Waals surface area contributed by atoms with Crippen molar-refractivity contribution in [1.29, 1.82) is 0 Å². The Balaban J connectivity index is -0.0000000194. The molecule has 0 atom stereocenters. The van der Waals surface area contributed by atoms with Crippen molar-refractivity contribution in [3.63, 3.8) is 0 Å². The number of hydrogen-bond donors (Lipinski definition) is 0. The Hall–Kier alpha value is -1.44. The summed E-state index contributed by atoms with van der Waals surface area (Å²) in [7, 11) is 0. The Labute approximate surface area is 97.1 Å². The van der Waals surface area contributed by atoms with Crippen molar-refractivity contribution in [1.82, 2.24) is 0 Å². The normalized spacial score (nSPS) is 4.00. The smallest absolute Gasteiger partial charge is 6.00 e. The van der Waals surface area contributed by atoms with E-state index >= 15 is 0 Å². The standard InChI is InChI=1S/C4H2O2.4CO.Fe/c5-3-1-2-4-6;4*1-2;/h1-2H;;;;;/q-2;;;;;+6. The molecule has 0 unspecified atom stereocenters. The van der Waals surface area contributed by atoms with Gasteiger partial charge in [-0.2, -0.15) is 0 Å². The first kappa shape index (κ1) is 37.4. The Morgan fingerprint density at radius 2 is 0.800 bits per heavy atom. The molecule has 0 aliphatic heterocycles. The Bertz CT molecular complexity index is 166. The zero-order valence-electron chi connectivity index (χ0n) is 6.96. The number of rotatable bonds is 2. The molecule has 0 aromatic carbocycles. The molecule has 0 N–H and O–H groups in total. The molecule has 0 aliphatic rings. The van der Waals surface area contributed by atoms with Gasteiger partial charge < -0.3 is 21.7 Å². The van der Waals surface area contributed by atoms with Crippen molar-refractivity contribution < 1.29 is 45.3 Å². The average Bonchev–Trinajstić information content (AvgIpc) is 2.36. The summed E-state index contributed by atoms with van der Waals surface area (Å²) >= 11 is 0. The minimum atomic E-state index is 0. The molecule has 0 aliphatic carbocycles. The van der Waals surface area contributed by atoms with Crippen LogP contribution in [0.4, 0.5) is 0 Å². The fourth-order valence-corrected chi connectivity index (χ4v) is 0.0680. The quantitative estimate of drug-likeness (QED) is 0.287. The monoisotopic (exact) mass is 250 g/mol. The van der Waals surface area contributed by atoms with E-state index < -0.39 is 0 Å². The molecule has 6 nitrogen and oxygen atoms in total. The molecule has 0 fully saturated rings. The van der Waals surface area contributed by atoms with Crippen molar-refractivity contribution in [2.24, 2.45) is 0 Å². The molecule has 0 saturated carbocycles. The second kappa shape index (κ2) is 256. The number of carbonyl (C=O) groups excluding carboxylic acids is 2. The summed E-state index contributed by atoms with van der Waals surface area (Å²) in [6.45, 7) is 18.0. The molecule has 0 radical (unpaired) electrons. The molecule has 0 amide bonds. The van der Waals surface area contributed by atoms with Gasteiger partial charge in [0, 0.05) is 0 Å².